The molecule has 1 atom stereocenters. The van der Waals surface area contributed by atoms with Gasteiger partial charge in [-0.15, -0.1) is 0 Å². The Morgan fingerprint density at radius 2 is 0.731 bits per heavy atom. The van der Waals surface area contributed by atoms with E-state index < -0.39 is 118 Å². The van der Waals surface area contributed by atoms with E-state index in [9.17, 15) is 134 Å². The van der Waals surface area contributed by atoms with Crippen LogP contribution in [0.4, 0.5) is 105 Å². The molecule has 52 heavy (non-hydrogen) atoms. The Hall–Kier alpha value is -0.830. The van der Waals surface area contributed by atoms with Gasteiger partial charge in [-0.05, 0) is 0 Å². The maximum absolute atomic E-state index is 14.6. The van der Waals surface area contributed by atoms with Crippen molar-refractivity contribution in [2.75, 3.05) is 0 Å². The van der Waals surface area contributed by atoms with E-state index in [2.05, 4.69) is 0 Å². The summed E-state index contributed by atoms with van der Waals surface area (Å²) in [6, 6.07) is 0. The largest absolute Gasteiger partial charge is 1.00 e. The van der Waals surface area contributed by atoms with Crippen molar-refractivity contribution in [3.8, 4) is 0 Å². The summed E-state index contributed by atoms with van der Waals surface area (Å²) in [5.74, 6) is -94.1. The minimum atomic E-state index is -8.86. The van der Waals surface area contributed by atoms with Gasteiger partial charge >= 0.3 is 131 Å². The molecule has 0 aromatic rings. The Morgan fingerprint density at radius 3 is 0.885 bits per heavy atom. The Labute approximate surface area is 313 Å². The zero-order valence-corrected chi connectivity index (χ0v) is 28.8. The van der Waals surface area contributed by atoms with E-state index in [4.69, 9.17) is 4.55 Å². The van der Waals surface area contributed by atoms with Gasteiger partial charge in [-0.1, -0.05) is 0 Å². The van der Waals surface area contributed by atoms with Crippen LogP contribution in [0.3, 0.4) is 0 Å². The van der Waals surface area contributed by atoms with Crippen LogP contribution in [0.5, 0.6) is 0 Å². The van der Waals surface area contributed by atoms with Gasteiger partial charge in [0.15, 0.2) is 0 Å². The molecule has 7 nitrogen and oxygen atoms in total. The first-order valence-electron chi connectivity index (χ1n) is 11.0. The molecular weight excluding hydrogens is 862 g/mol. The molecule has 0 aliphatic rings. The quantitative estimate of drug-likeness (QED) is 0.0998. The third-order valence-corrected chi connectivity index (χ3v) is 7.62. The molecule has 0 spiro atoms. The molecule has 0 amide bonds. The van der Waals surface area contributed by atoms with Gasteiger partial charge in [0.05, 0.1) is 5.97 Å². The minimum absolute atomic E-state index is 0. The second-order valence-electron chi connectivity index (χ2n) is 9.71. The summed E-state index contributed by atoms with van der Waals surface area (Å²) in [4.78, 5) is 22.8. The maximum Gasteiger partial charge on any atom is 1.00 e. The van der Waals surface area contributed by atoms with Crippen molar-refractivity contribution >= 4 is 22.1 Å². The Kier molecular flexibility index (Phi) is 16.7. The van der Waals surface area contributed by atoms with Gasteiger partial charge in [-0.2, -0.15) is 96.2 Å². The van der Waals surface area contributed by atoms with Gasteiger partial charge in [-0.3, -0.25) is 4.55 Å². The standard InChI is InChI=1S/C18H10F24O7S.2Na/c19-5(20)11(27,28)15(35,36)17(39,40)13(31,32)9(23,24)1-8(7(45)46,3(4(43)44)50(47,48)49)2-10(25,26)14(33,34)18(41,42)16(37,38)12(29,30)6(21)22;;/h3,5-6H,1-2H2,(H,43,44)(H,45,46)(H,47,48,49);;/q;2*+1/p-2. The van der Waals surface area contributed by atoms with Crippen molar-refractivity contribution in [3.05, 3.63) is 0 Å². The van der Waals surface area contributed by atoms with E-state index in [-0.39, 0.29) is 59.1 Å². The zero-order valence-electron chi connectivity index (χ0n) is 24.0. The van der Waals surface area contributed by atoms with E-state index in [1.807, 2.05) is 0 Å². The molecule has 0 rings (SSSR count). The van der Waals surface area contributed by atoms with Crippen molar-refractivity contribution in [2.45, 2.75) is 90.2 Å². The van der Waals surface area contributed by atoms with Crippen LogP contribution in [0.15, 0.2) is 0 Å². The number of carboxylic acid groups (broad SMARTS) is 2. The SMILES string of the molecule is O=C([O-])C(C(CC(F)(F)C(F)(F)C(F)(F)C(F)(F)C(F)(F)C(F)F)(CC(F)(F)C(F)(F)C(F)(F)C(F)(F)C(F)(F)C(F)F)C(=O)[O-])S(=O)(=O)O.[Na+].[Na+]. The Morgan fingerprint density at radius 1 is 0.500 bits per heavy atom. The third kappa shape index (κ3) is 8.31. The molecule has 0 bridgehead atoms. The molecule has 0 aliphatic heterocycles. The van der Waals surface area contributed by atoms with Crippen LogP contribution >= 0.6 is 0 Å². The summed E-state index contributed by atoms with van der Waals surface area (Å²) in [6.45, 7) is 0. The monoisotopic (exact) mass is 870 g/mol. The summed E-state index contributed by atoms with van der Waals surface area (Å²) in [5.41, 5.74) is -6.85. The molecule has 0 saturated carbocycles. The topological polar surface area (TPSA) is 135 Å². The average Bonchev–Trinajstić information content (AvgIpc) is 2.85. The fraction of sp³-hybridized carbons (Fsp3) is 0.889. The van der Waals surface area contributed by atoms with E-state index in [1.54, 1.807) is 0 Å². The van der Waals surface area contributed by atoms with E-state index in [0.717, 1.165) is 0 Å². The molecule has 0 aliphatic carbocycles. The number of alkyl halides is 24. The molecule has 0 aromatic heterocycles. The molecular formula is C18H8F24Na2O7S. The Bertz CT molecular complexity index is 1330. The van der Waals surface area contributed by atoms with Crippen LogP contribution in [-0.4, -0.2) is 102 Å². The van der Waals surface area contributed by atoms with Gasteiger partial charge in [0.25, 0.3) is 10.1 Å². The molecule has 298 valence electrons. The summed E-state index contributed by atoms with van der Waals surface area (Å²) in [5, 5.41) is 17.0. The first-order chi connectivity index (χ1) is 21.3. The molecule has 0 aromatic carbocycles. The van der Waals surface area contributed by atoms with Crippen LogP contribution in [0.25, 0.3) is 0 Å². The van der Waals surface area contributed by atoms with Crippen molar-refractivity contribution in [1.29, 1.82) is 0 Å². The van der Waals surface area contributed by atoms with Crippen LogP contribution in [0.1, 0.15) is 12.8 Å². The summed E-state index contributed by atoms with van der Waals surface area (Å²) in [7, 11) is -7.75. The van der Waals surface area contributed by atoms with E-state index >= 15 is 0 Å². The molecule has 34 heteroatoms. The molecule has 0 heterocycles. The van der Waals surface area contributed by atoms with Crippen molar-refractivity contribution in [3.63, 3.8) is 0 Å². The second kappa shape index (κ2) is 15.6. The smallest absolute Gasteiger partial charge is 0.549 e. The molecule has 1 unspecified atom stereocenters. The maximum atomic E-state index is 14.6. The number of hydrogen-bond acceptors (Lipinski definition) is 6. The third-order valence-electron chi connectivity index (χ3n) is 6.38. The molecule has 0 fully saturated rings. The first-order valence-corrected chi connectivity index (χ1v) is 12.5. The van der Waals surface area contributed by atoms with Crippen LogP contribution in [0.2, 0.25) is 0 Å². The van der Waals surface area contributed by atoms with Gasteiger partial charge in [0.1, 0.15) is 5.25 Å². The molecule has 0 saturated heterocycles. The predicted octanol–water partition coefficient (Wildman–Crippen LogP) is -1.60. The fourth-order valence-corrected chi connectivity index (χ4v) is 4.77. The summed E-state index contributed by atoms with van der Waals surface area (Å²) in [6.07, 6.45) is -23.0. The summed E-state index contributed by atoms with van der Waals surface area (Å²) >= 11 is 0. The number of carboxylic acids is 2. The zero-order chi connectivity index (χ0) is 41.3. The van der Waals surface area contributed by atoms with Gasteiger partial charge in [-0.25, -0.2) is 17.6 Å². The number of carbonyl (C=O) groups is 2. The Balaban J connectivity index is -0.0000120. The van der Waals surface area contributed by atoms with E-state index in [0.29, 0.717) is 0 Å². The van der Waals surface area contributed by atoms with Gasteiger partial charge in [0.2, 0.25) is 0 Å². The predicted molar refractivity (Wildman–Crippen MR) is 98.5 cm³/mol. The summed E-state index contributed by atoms with van der Waals surface area (Å²) < 4.78 is 357. The number of hydrogen-bond donors (Lipinski definition) is 1. The fourth-order valence-electron chi connectivity index (χ4n) is 3.69. The van der Waals surface area contributed by atoms with Crippen LogP contribution < -0.4 is 69.3 Å². The molecule has 1 N–H and O–H groups in total. The second-order valence-corrected chi connectivity index (χ2v) is 11.2. The average molecular weight is 870 g/mol. The van der Waals surface area contributed by atoms with Crippen LogP contribution in [-0.2, 0) is 19.7 Å². The minimum Gasteiger partial charge on any atom is -0.549 e. The normalized spacial score (nSPS) is 16.0. The number of rotatable bonds is 18. The van der Waals surface area contributed by atoms with Gasteiger partial charge < -0.3 is 19.8 Å². The number of carbonyl (C=O) groups excluding carboxylic acids is 2. The van der Waals surface area contributed by atoms with Crippen LogP contribution in [0, 0.1) is 5.41 Å². The van der Waals surface area contributed by atoms with Crippen molar-refractivity contribution in [2.24, 2.45) is 5.41 Å². The van der Waals surface area contributed by atoms with Gasteiger partial charge in [0, 0.05) is 24.2 Å². The van der Waals surface area contributed by atoms with Crippen molar-refractivity contribution in [1.82, 2.24) is 0 Å². The van der Waals surface area contributed by atoms with Crippen molar-refractivity contribution < 1.29 is 197 Å². The molecule has 0 radical (unpaired) electrons. The first kappa shape index (κ1) is 55.5. The van der Waals surface area contributed by atoms with E-state index in [1.165, 1.54) is 0 Å². The number of aliphatic carboxylic acids is 2. The number of halogens is 24.